The Labute approximate surface area is 176 Å². The third-order valence-electron chi connectivity index (χ3n) is 5.40. The minimum atomic E-state index is -4.00. The van der Waals surface area contributed by atoms with Crippen molar-refractivity contribution in [3.8, 4) is 0 Å². The van der Waals surface area contributed by atoms with Crippen LogP contribution in [0.5, 0.6) is 0 Å². The molecule has 1 unspecified atom stereocenters. The van der Waals surface area contributed by atoms with Gasteiger partial charge in [-0.05, 0) is 37.5 Å². The number of halogens is 4. The number of nitrogens with one attached hydrogen (secondary N) is 1. The van der Waals surface area contributed by atoms with Crippen LogP contribution in [-0.2, 0) is 10.0 Å². The summed E-state index contributed by atoms with van der Waals surface area (Å²) >= 11 is 6.13. The molecule has 10 heteroatoms. The van der Waals surface area contributed by atoms with E-state index in [9.17, 15) is 26.4 Å². The summed E-state index contributed by atoms with van der Waals surface area (Å²) in [5.74, 6) is -5.42. The lowest BCUT2D eigenvalue weighted by Gasteiger charge is -2.22. The summed E-state index contributed by atoms with van der Waals surface area (Å²) in [6.07, 6.45) is 1.99. The molecule has 2 aromatic carbocycles. The van der Waals surface area contributed by atoms with Gasteiger partial charge in [-0.2, -0.15) is 4.31 Å². The van der Waals surface area contributed by atoms with Crippen LogP contribution in [0.2, 0.25) is 5.02 Å². The summed E-state index contributed by atoms with van der Waals surface area (Å²) in [5, 5.41) is 2.17. The molecule has 2 fully saturated rings. The van der Waals surface area contributed by atoms with Crippen molar-refractivity contribution in [3.05, 3.63) is 70.5 Å². The lowest BCUT2D eigenvalue weighted by molar-refractivity contribution is 0.102. The predicted octanol–water partition coefficient (Wildman–Crippen LogP) is 4.49. The highest BCUT2D eigenvalue weighted by molar-refractivity contribution is 7.89. The van der Waals surface area contributed by atoms with Crippen LogP contribution >= 0.6 is 11.6 Å². The molecule has 2 aliphatic heterocycles. The van der Waals surface area contributed by atoms with Crippen molar-refractivity contribution in [2.45, 2.75) is 36.2 Å². The highest BCUT2D eigenvalue weighted by atomic mass is 35.5. The van der Waals surface area contributed by atoms with Gasteiger partial charge in [0.25, 0.3) is 5.91 Å². The first-order valence-corrected chi connectivity index (χ1v) is 10.9. The second-order valence-corrected chi connectivity index (χ2v) is 9.52. The first-order valence-electron chi connectivity index (χ1n) is 9.06. The smallest absolute Gasteiger partial charge is 0.255 e. The molecule has 30 heavy (non-hydrogen) atoms. The number of sulfonamides is 1. The van der Waals surface area contributed by atoms with Crippen molar-refractivity contribution < 1.29 is 26.4 Å². The summed E-state index contributed by atoms with van der Waals surface area (Å²) in [6, 6.07) is 4.43. The Morgan fingerprint density at radius 2 is 1.80 bits per heavy atom. The molecule has 2 aliphatic rings. The van der Waals surface area contributed by atoms with Gasteiger partial charge in [0, 0.05) is 35.5 Å². The van der Waals surface area contributed by atoms with Crippen LogP contribution < -0.4 is 5.32 Å². The van der Waals surface area contributed by atoms with Gasteiger partial charge in [0.15, 0.2) is 17.5 Å². The lowest BCUT2D eigenvalue weighted by Crippen LogP contribution is -2.35. The normalized spacial score (nSPS) is 21.3. The number of nitrogens with zero attached hydrogens (tertiary/aromatic N) is 1. The number of anilines is 1. The molecule has 2 aromatic rings. The van der Waals surface area contributed by atoms with Gasteiger partial charge in [0.05, 0.1) is 5.02 Å². The van der Waals surface area contributed by atoms with Gasteiger partial charge in [-0.1, -0.05) is 23.8 Å². The van der Waals surface area contributed by atoms with E-state index in [0.717, 1.165) is 18.1 Å². The summed E-state index contributed by atoms with van der Waals surface area (Å²) in [4.78, 5) is 12.3. The fraction of sp³-hybridized carbons (Fsp3) is 0.250. The van der Waals surface area contributed by atoms with Gasteiger partial charge < -0.3 is 5.32 Å². The number of carbonyl (C=O) groups excluding carboxylic acids is 1. The first kappa shape index (κ1) is 20.9. The Bertz CT molecular complexity index is 1160. The Morgan fingerprint density at radius 1 is 1.13 bits per heavy atom. The molecule has 2 heterocycles. The minimum Gasteiger partial charge on any atom is -0.322 e. The highest BCUT2D eigenvalue weighted by Gasteiger charge is 2.49. The van der Waals surface area contributed by atoms with E-state index in [1.807, 2.05) is 0 Å². The summed E-state index contributed by atoms with van der Waals surface area (Å²) in [6.45, 7) is 3.94. The standard InChI is InChI=1S/C20H16ClF3N2O3S/c1-10-6-13-3-5-17(10)26(13)30(28,29)18-7-11(2-4-14(18)21)20(27)25-12-8-15(22)19(24)16(23)9-12/h2,4,7-9,13,17H,1,3,5-6H2,(H,25,27)/t13?,17-/m0/s1. The summed E-state index contributed by atoms with van der Waals surface area (Å²) < 4.78 is 67.7. The van der Waals surface area contributed by atoms with E-state index in [1.54, 1.807) is 0 Å². The van der Waals surface area contributed by atoms with E-state index in [0.29, 0.717) is 25.0 Å². The van der Waals surface area contributed by atoms with Gasteiger partial charge in [-0.15, -0.1) is 0 Å². The Balaban J connectivity index is 1.65. The van der Waals surface area contributed by atoms with Gasteiger partial charge in [0.1, 0.15) is 4.90 Å². The van der Waals surface area contributed by atoms with E-state index >= 15 is 0 Å². The largest absolute Gasteiger partial charge is 0.322 e. The van der Waals surface area contributed by atoms with Crippen LogP contribution in [0.4, 0.5) is 18.9 Å². The number of rotatable bonds is 4. The molecule has 1 N–H and O–H groups in total. The van der Waals surface area contributed by atoms with Crippen LogP contribution in [0.25, 0.3) is 0 Å². The Kier molecular flexibility index (Phi) is 5.16. The van der Waals surface area contributed by atoms with Crippen molar-refractivity contribution in [3.63, 3.8) is 0 Å². The molecule has 0 spiro atoms. The Hall–Kier alpha value is -2.36. The molecule has 4 rings (SSSR count). The SMILES string of the molecule is C=C1CC2CC[C@@H]1N2S(=O)(=O)c1cc(C(=O)Nc2cc(F)c(F)c(F)c2)ccc1Cl. The summed E-state index contributed by atoms with van der Waals surface area (Å²) in [5.41, 5.74) is 0.443. The molecule has 1 amide bonds. The number of carbonyl (C=O) groups is 1. The van der Waals surface area contributed by atoms with Crippen molar-refractivity contribution in [2.75, 3.05) is 5.32 Å². The van der Waals surface area contributed by atoms with Crippen molar-refractivity contribution in [1.82, 2.24) is 4.31 Å². The number of benzene rings is 2. The highest BCUT2D eigenvalue weighted by Crippen LogP contribution is 2.44. The predicted molar refractivity (Wildman–Crippen MR) is 105 cm³/mol. The van der Waals surface area contributed by atoms with Gasteiger partial charge in [-0.25, -0.2) is 21.6 Å². The zero-order valence-corrected chi connectivity index (χ0v) is 17.0. The van der Waals surface area contributed by atoms with Crippen molar-refractivity contribution >= 4 is 33.2 Å². The molecule has 2 atom stereocenters. The van der Waals surface area contributed by atoms with Crippen LogP contribution in [0.3, 0.4) is 0 Å². The average molecular weight is 457 g/mol. The van der Waals surface area contributed by atoms with E-state index in [4.69, 9.17) is 11.6 Å². The molecular formula is C20H16ClF3N2O3S. The number of hydrogen-bond acceptors (Lipinski definition) is 3. The van der Waals surface area contributed by atoms with Crippen LogP contribution in [0, 0.1) is 17.5 Å². The molecule has 5 nitrogen and oxygen atoms in total. The van der Waals surface area contributed by atoms with Gasteiger partial charge in [-0.3, -0.25) is 4.79 Å². The molecule has 0 aliphatic carbocycles. The van der Waals surface area contributed by atoms with Gasteiger partial charge in [0.2, 0.25) is 10.0 Å². The maximum absolute atomic E-state index is 13.4. The zero-order valence-electron chi connectivity index (χ0n) is 15.5. The second kappa shape index (κ2) is 7.40. The van der Waals surface area contributed by atoms with Crippen LogP contribution in [0.1, 0.15) is 29.6 Å². The van der Waals surface area contributed by atoms with Crippen molar-refractivity contribution in [1.29, 1.82) is 0 Å². The van der Waals surface area contributed by atoms with E-state index < -0.39 is 33.4 Å². The third-order valence-corrected chi connectivity index (χ3v) is 7.84. The van der Waals surface area contributed by atoms with E-state index in [1.165, 1.54) is 16.4 Å². The first-order chi connectivity index (χ1) is 14.1. The maximum atomic E-state index is 13.4. The zero-order chi connectivity index (χ0) is 21.8. The number of fused-ring (bicyclic) bond motifs is 2. The van der Waals surface area contributed by atoms with E-state index in [2.05, 4.69) is 11.9 Å². The topological polar surface area (TPSA) is 66.5 Å². The van der Waals surface area contributed by atoms with E-state index in [-0.39, 0.29) is 33.3 Å². The Morgan fingerprint density at radius 3 is 2.37 bits per heavy atom. The van der Waals surface area contributed by atoms with Crippen LogP contribution in [-0.4, -0.2) is 30.7 Å². The molecule has 2 saturated heterocycles. The fourth-order valence-electron chi connectivity index (χ4n) is 4.02. The second-order valence-electron chi connectivity index (χ2n) is 7.30. The molecule has 158 valence electrons. The minimum absolute atomic E-state index is 0.0534. The maximum Gasteiger partial charge on any atom is 0.255 e. The molecule has 2 bridgehead atoms. The molecular weight excluding hydrogens is 441 g/mol. The lowest BCUT2D eigenvalue weighted by atomic mass is 9.97. The van der Waals surface area contributed by atoms with Gasteiger partial charge >= 0.3 is 0 Å². The molecule has 0 saturated carbocycles. The molecule has 0 aromatic heterocycles. The number of amides is 1. The van der Waals surface area contributed by atoms with Crippen LogP contribution in [0.15, 0.2) is 47.4 Å². The third kappa shape index (κ3) is 3.40. The molecule has 0 radical (unpaired) electrons. The fourth-order valence-corrected chi connectivity index (χ4v) is 6.41. The quantitative estimate of drug-likeness (QED) is 0.544. The summed E-state index contributed by atoms with van der Waals surface area (Å²) in [7, 11) is -4.00. The monoisotopic (exact) mass is 456 g/mol. The number of hydrogen-bond donors (Lipinski definition) is 1. The average Bonchev–Trinajstić information content (AvgIpc) is 3.24. The van der Waals surface area contributed by atoms with Crippen molar-refractivity contribution in [2.24, 2.45) is 0 Å².